The third kappa shape index (κ3) is 3.95. The summed E-state index contributed by atoms with van der Waals surface area (Å²) in [6, 6.07) is 8.62. The lowest BCUT2D eigenvalue weighted by Crippen LogP contribution is -2.28. The number of nitrogens with zero attached hydrogens (tertiary/aromatic N) is 3. The molecule has 0 saturated heterocycles. The second kappa shape index (κ2) is 7.05. The number of anilines is 1. The quantitative estimate of drug-likeness (QED) is 0.916. The van der Waals surface area contributed by atoms with Crippen molar-refractivity contribution >= 4 is 16.9 Å². The van der Waals surface area contributed by atoms with Crippen LogP contribution in [0.5, 0.6) is 0 Å². The van der Waals surface area contributed by atoms with Gasteiger partial charge in [0.25, 0.3) is 0 Å². The standard InChI is InChI=1S/C18H26N4/c1-22(2)13-11-14-5-7-15(8-6-14)20-18-10-9-16-17(21-18)4-3-12-19-16/h3-4,9-10,12,14-15H,5-8,11,13H2,1-2H3,(H,20,21)/t14-,15-. The van der Waals surface area contributed by atoms with Gasteiger partial charge >= 0.3 is 0 Å². The Morgan fingerprint density at radius 1 is 1.09 bits per heavy atom. The van der Waals surface area contributed by atoms with Crippen molar-refractivity contribution in [2.24, 2.45) is 5.92 Å². The topological polar surface area (TPSA) is 41.0 Å². The first-order chi connectivity index (χ1) is 10.7. The summed E-state index contributed by atoms with van der Waals surface area (Å²) in [4.78, 5) is 11.3. The molecule has 0 radical (unpaired) electrons. The molecule has 2 aromatic heterocycles. The fourth-order valence-electron chi connectivity index (χ4n) is 3.28. The number of nitrogens with one attached hydrogen (secondary N) is 1. The highest BCUT2D eigenvalue weighted by Crippen LogP contribution is 2.28. The highest BCUT2D eigenvalue weighted by molar-refractivity contribution is 5.75. The van der Waals surface area contributed by atoms with Gasteiger partial charge in [-0.3, -0.25) is 4.98 Å². The molecule has 0 atom stereocenters. The van der Waals surface area contributed by atoms with Gasteiger partial charge < -0.3 is 10.2 Å². The van der Waals surface area contributed by atoms with Crippen molar-refractivity contribution < 1.29 is 0 Å². The first-order valence-electron chi connectivity index (χ1n) is 8.34. The van der Waals surface area contributed by atoms with Crippen molar-refractivity contribution in [3.8, 4) is 0 Å². The van der Waals surface area contributed by atoms with Gasteiger partial charge in [-0.2, -0.15) is 0 Å². The molecule has 0 bridgehead atoms. The van der Waals surface area contributed by atoms with Crippen LogP contribution in [0.25, 0.3) is 11.0 Å². The lowest BCUT2D eigenvalue weighted by Gasteiger charge is -2.30. The smallest absolute Gasteiger partial charge is 0.126 e. The van der Waals surface area contributed by atoms with Crippen LogP contribution in [0.3, 0.4) is 0 Å². The summed E-state index contributed by atoms with van der Waals surface area (Å²) in [6.45, 7) is 1.21. The molecule has 2 aromatic rings. The predicted octanol–water partition coefficient (Wildman–Crippen LogP) is 3.55. The van der Waals surface area contributed by atoms with Crippen molar-refractivity contribution in [3.63, 3.8) is 0 Å². The number of fused-ring (bicyclic) bond motifs is 1. The molecule has 1 aliphatic rings. The van der Waals surface area contributed by atoms with E-state index in [1.807, 2.05) is 30.5 Å². The Hall–Kier alpha value is -1.68. The van der Waals surface area contributed by atoms with Gasteiger partial charge in [0.15, 0.2) is 0 Å². The van der Waals surface area contributed by atoms with Crippen LogP contribution in [0.2, 0.25) is 0 Å². The van der Waals surface area contributed by atoms with Crippen LogP contribution in [-0.4, -0.2) is 41.5 Å². The Labute approximate surface area is 133 Å². The summed E-state index contributed by atoms with van der Waals surface area (Å²) in [5, 5.41) is 3.61. The van der Waals surface area contributed by atoms with Gasteiger partial charge in [0.05, 0.1) is 11.0 Å². The Balaban J connectivity index is 1.53. The van der Waals surface area contributed by atoms with Gasteiger partial charge in [-0.1, -0.05) is 0 Å². The Kier molecular flexibility index (Phi) is 4.88. The molecule has 118 valence electrons. The normalized spacial score (nSPS) is 22.1. The average Bonchev–Trinajstić information content (AvgIpc) is 2.54. The maximum Gasteiger partial charge on any atom is 0.126 e. The van der Waals surface area contributed by atoms with E-state index in [2.05, 4.69) is 34.3 Å². The molecule has 4 heteroatoms. The van der Waals surface area contributed by atoms with E-state index in [1.165, 1.54) is 38.6 Å². The van der Waals surface area contributed by atoms with Gasteiger partial charge in [0.1, 0.15) is 5.82 Å². The SMILES string of the molecule is CN(C)CC[C@H]1CC[C@H](Nc2ccc3ncccc3n2)CC1. The molecule has 0 unspecified atom stereocenters. The molecule has 4 nitrogen and oxygen atoms in total. The van der Waals surface area contributed by atoms with E-state index in [0.717, 1.165) is 22.8 Å². The highest BCUT2D eigenvalue weighted by atomic mass is 15.0. The van der Waals surface area contributed by atoms with E-state index < -0.39 is 0 Å². The minimum atomic E-state index is 0.567. The lowest BCUT2D eigenvalue weighted by atomic mass is 9.84. The summed E-state index contributed by atoms with van der Waals surface area (Å²) < 4.78 is 0. The van der Waals surface area contributed by atoms with E-state index >= 15 is 0 Å². The molecule has 0 spiro atoms. The van der Waals surface area contributed by atoms with Crippen LogP contribution in [0, 0.1) is 5.92 Å². The molecule has 1 saturated carbocycles. The monoisotopic (exact) mass is 298 g/mol. The molecule has 2 heterocycles. The van der Waals surface area contributed by atoms with E-state index in [1.54, 1.807) is 0 Å². The third-order valence-corrected chi connectivity index (χ3v) is 4.64. The minimum Gasteiger partial charge on any atom is -0.367 e. The lowest BCUT2D eigenvalue weighted by molar-refractivity contribution is 0.281. The van der Waals surface area contributed by atoms with E-state index in [4.69, 9.17) is 0 Å². The van der Waals surface area contributed by atoms with Gasteiger partial charge in [-0.25, -0.2) is 4.98 Å². The van der Waals surface area contributed by atoms with Gasteiger partial charge in [-0.15, -0.1) is 0 Å². The molecular formula is C18H26N4. The van der Waals surface area contributed by atoms with Crippen molar-refractivity contribution in [2.75, 3.05) is 26.0 Å². The fraction of sp³-hybridized carbons (Fsp3) is 0.556. The Morgan fingerprint density at radius 2 is 1.91 bits per heavy atom. The van der Waals surface area contributed by atoms with Crippen LogP contribution >= 0.6 is 0 Å². The second-order valence-electron chi connectivity index (χ2n) is 6.69. The summed E-state index contributed by atoms with van der Waals surface area (Å²) in [7, 11) is 4.32. The summed E-state index contributed by atoms with van der Waals surface area (Å²) in [5.74, 6) is 1.88. The van der Waals surface area contributed by atoms with Crippen LogP contribution in [0.1, 0.15) is 32.1 Å². The van der Waals surface area contributed by atoms with Crippen LogP contribution in [0.4, 0.5) is 5.82 Å². The average molecular weight is 298 g/mol. The summed E-state index contributed by atoms with van der Waals surface area (Å²) >= 11 is 0. The number of hydrogen-bond donors (Lipinski definition) is 1. The van der Waals surface area contributed by atoms with Crippen molar-refractivity contribution in [3.05, 3.63) is 30.5 Å². The fourth-order valence-corrected chi connectivity index (χ4v) is 3.28. The van der Waals surface area contributed by atoms with Gasteiger partial charge in [-0.05, 0) is 82.9 Å². The summed E-state index contributed by atoms with van der Waals surface area (Å²) in [5.41, 5.74) is 1.92. The molecule has 3 rings (SSSR count). The Morgan fingerprint density at radius 3 is 2.68 bits per heavy atom. The number of hydrogen-bond acceptors (Lipinski definition) is 4. The molecule has 1 fully saturated rings. The van der Waals surface area contributed by atoms with E-state index in [9.17, 15) is 0 Å². The number of rotatable bonds is 5. The molecule has 0 aliphatic heterocycles. The molecule has 0 amide bonds. The maximum absolute atomic E-state index is 4.67. The van der Waals surface area contributed by atoms with Crippen LogP contribution in [0.15, 0.2) is 30.5 Å². The second-order valence-corrected chi connectivity index (χ2v) is 6.69. The molecule has 22 heavy (non-hydrogen) atoms. The van der Waals surface area contributed by atoms with Crippen molar-refractivity contribution in [1.29, 1.82) is 0 Å². The number of aromatic nitrogens is 2. The zero-order chi connectivity index (χ0) is 15.4. The molecule has 1 aliphatic carbocycles. The molecule has 0 aromatic carbocycles. The van der Waals surface area contributed by atoms with Crippen LogP contribution in [-0.2, 0) is 0 Å². The van der Waals surface area contributed by atoms with Gasteiger partial charge in [0, 0.05) is 12.2 Å². The highest BCUT2D eigenvalue weighted by Gasteiger charge is 2.21. The first-order valence-corrected chi connectivity index (χ1v) is 8.34. The first kappa shape index (κ1) is 15.2. The zero-order valence-corrected chi connectivity index (χ0v) is 13.6. The Bertz CT molecular complexity index is 603. The largest absolute Gasteiger partial charge is 0.367 e. The van der Waals surface area contributed by atoms with Crippen molar-refractivity contribution in [1.82, 2.24) is 14.9 Å². The minimum absolute atomic E-state index is 0.567. The van der Waals surface area contributed by atoms with E-state index in [-0.39, 0.29) is 0 Å². The third-order valence-electron chi connectivity index (χ3n) is 4.64. The maximum atomic E-state index is 4.67. The molecular weight excluding hydrogens is 272 g/mol. The number of pyridine rings is 2. The molecule has 1 N–H and O–H groups in total. The predicted molar refractivity (Wildman–Crippen MR) is 92.1 cm³/mol. The summed E-state index contributed by atoms with van der Waals surface area (Å²) in [6.07, 6.45) is 8.32. The zero-order valence-electron chi connectivity index (χ0n) is 13.6. The van der Waals surface area contributed by atoms with Crippen molar-refractivity contribution in [2.45, 2.75) is 38.1 Å². The van der Waals surface area contributed by atoms with E-state index in [0.29, 0.717) is 6.04 Å². The van der Waals surface area contributed by atoms with Gasteiger partial charge in [0.2, 0.25) is 0 Å². The van der Waals surface area contributed by atoms with Crippen LogP contribution < -0.4 is 5.32 Å².